The van der Waals surface area contributed by atoms with Gasteiger partial charge >= 0.3 is 0 Å². The number of nitrogens with zero attached hydrogens (tertiary/aromatic N) is 1. The smallest absolute Gasteiger partial charge is 0.295 e. The van der Waals surface area contributed by atoms with Gasteiger partial charge in [0.15, 0.2) is 0 Å². The molecule has 0 aliphatic rings. The monoisotopic (exact) mass is 248 g/mol. The molecule has 0 saturated heterocycles. The number of nitro groups is 1. The minimum atomic E-state index is -0.814. The van der Waals surface area contributed by atoms with E-state index in [1.165, 1.54) is 13.2 Å². The average molecular weight is 249 g/mol. The van der Waals surface area contributed by atoms with Crippen LogP contribution in [0.4, 0.5) is 15.8 Å². The van der Waals surface area contributed by atoms with E-state index in [0.29, 0.717) is 13.2 Å². The van der Waals surface area contributed by atoms with Gasteiger partial charge in [0.25, 0.3) is 5.69 Å². The molecule has 0 unspecified atom stereocenters. The number of ether oxygens (including phenoxy) is 1. The van der Waals surface area contributed by atoms with E-state index >= 15 is 0 Å². The van der Waals surface area contributed by atoms with Crippen LogP contribution < -0.4 is 5.32 Å². The number of nitro benzene ring substituents is 1. The summed E-state index contributed by atoms with van der Waals surface area (Å²) in [5, 5.41) is 13.2. The summed E-state index contributed by atoms with van der Waals surface area (Å²) in [6.07, 6.45) is 0. The lowest BCUT2D eigenvalue weighted by molar-refractivity contribution is -0.384. The molecule has 5 nitrogen and oxygen atoms in total. The molecule has 0 heterocycles. The Morgan fingerprint density at radius 2 is 2.31 bits per heavy atom. The summed E-state index contributed by atoms with van der Waals surface area (Å²) in [5.74, 6) is -0.814. The van der Waals surface area contributed by atoms with Crippen molar-refractivity contribution in [2.24, 2.45) is 0 Å². The van der Waals surface area contributed by atoms with Crippen molar-refractivity contribution in [1.29, 1.82) is 0 Å². The highest BCUT2D eigenvalue weighted by Gasteiger charge is 2.17. The normalized spacial score (nSPS) is 10.2. The Morgan fingerprint density at radius 3 is 2.88 bits per heavy atom. The van der Waals surface area contributed by atoms with Gasteiger partial charge in [0, 0.05) is 13.7 Å². The van der Waals surface area contributed by atoms with Crippen molar-refractivity contribution in [3.05, 3.63) is 33.1 Å². The Morgan fingerprint density at radius 1 is 1.62 bits per heavy atom. The summed E-state index contributed by atoms with van der Waals surface area (Å²) in [6.45, 7) is 0.755. The van der Waals surface area contributed by atoms with Crippen molar-refractivity contribution in [2.45, 2.75) is 0 Å². The van der Waals surface area contributed by atoms with Crippen LogP contribution in [0.5, 0.6) is 0 Å². The Balaban J connectivity index is 2.95. The van der Waals surface area contributed by atoms with Gasteiger partial charge in [-0.1, -0.05) is 11.6 Å². The molecule has 0 aliphatic heterocycles. The maximum atomic E-state index is 13.0. The van der Waals surface area contributed by atoms with Gasteiger partial charge in [0.05, 0.1) is 22.6 Å². The fourth-order valence-electron chi connectivity index (χ4n) is 1.12. The van der Waals surface area contributed by atoms with E-state index in [1.54, 1.807) is 0 Å². The second kappa shape index (κ2) is 5.62. The highest BCUT2D eigenvalue weighted by atomic mass is 35.5. The van der Waals surface area contributed by atoms with Crippen molar-refractivity contribution in [2.75, 3.05) is 25.6 Å². The Bertz CT molecular complexity index is 401. The van der Waals surface area contributed by atoms with Gasteiger partial charge in [0.1, 0.15) is 11.5 Å². The fraction of sp³-hybridized carbons (Fsp3) is 0.333. The Kier molecular flexibility index (Phi) is 4.45. The van der Waals surface area contributed by atoms with E-state index in [-0.39, 0.29) is 16.4 Å². The van der Waals surface area contributed by atoms with E-state index in [9.17, 15) is 14.5 Å². The third kappa shape index (κ3) is 3.04. The van der Waals surface area contributed by atoms with Gasteiger partial charge in [0.2, 0.25) is 0 Å². The van der Waals surface area contributed by atoms with Crippen LogP contribution in [0.15, 0.2) is 12.1 Å². The first-order valence-corrected chi connectivity index (χ1v) is 4.80. The molecule has 1 N–H and O–H groups in total. The van der Waals surface area contributed by atoms with Crippen molar-refractivity contribution in [3.8, 4) is 0 Å². The van der Waals surface area contributed by atoms with Crippen molar-refractivity contribution >= 4 is 23.0 Å². The standard InChI is InChI=1S/C9H10ClFN2O3/c1-16-3-2-12-8-4-6(10)7(11)5-9(8)13(14)15/h4-5,12H,2-3H2,1H3. The minimum absolute atomic E-state index is 0.162. The zero-order chi connectivity index (χ0) is 12.1. The quantitative estimate of drug-likeness (QED) is 0.494. The SMILES string of the molecule is COCCNc1cc(Cl)c(F)cc1[N+](=O)[O-]. The summed E-state index contributed by atoms with van der Waals surface area (Å²) < 4.78 is 17.8. The molecule has 0 bridgehead atoms. The average Bonchev–Trinajstić information content (AvgIpc) is 2.23. The van der Waals surface area contributed by atoms with Crippen LogP contribution in [-0.2, 0) is 4.74 Å². The van der Waals surface area contributed by atoms with Crippen molar-refractivity contribution < 1.29 is 14.1 Å². The summed E-state index contributed by atoms with van der Waals surface area (Å²) in [7, 11) is 1.51. The van der Waals surface area contributed by atoms with Crippen LogP contribution in [0.2, 0.25) is 5.02 Å². The maximum Gasteiger partial charge on any atom is 0.295 e. The molecule has 7 heteroatoms. The van der Waals surface area contributed by atoms with E-state index in [4.69, 9.17) is 16.3 Å². The molecule has 0 amide bonds. The van der Waals surface area contributed by atoms with Gasteiger partial charge in [-0.2, -0.15) is 0 Å². The number of rotatable bonds is 5. The van der Waals surface area contributed by atoms with Crippen LogP contribution in [0.1, 0.15) is 0 Å². The van der Waals surface area contributed by atoms with Gasteiger partial charge < -0.3 is 10.1 Å². The lowest BCUT2D eigenvalue weighted by Crippen LogP contribution is -2.09. The number of hydrogen-bond acceptors (Lipinski definition) is 4. The zero-order valence-corrected chi connectivity index (χ0v) is 9.25. The number of anilines is 1. The van der Waals surface area contributed by atoms with E-state index in [2.05, 4.69) is 5.32 Å². The second-order valence-corrected chi connectivity index (χ2v) is 3.37. The topological polar surface area (TPSA) is 64.4 Å². The van der Waals surface area contributed by atoms with Crippen molar-refractivity contribution in [3.63, 3.8) is 0 Å². The molecule has 0 fully saturated rings. The van der Waals surface area contributed by atoms with Crippen LogP contribution in [0, 0.1) is 15.9 Å². The van der Waals surface area contributed by atoms with Gasteiger partial charge in [-0.25, -0.2) is 4.39 Å². The van der Waals surface area contributed by atoms with Crippen LogP contribution >= 0.6 is 11.6 Å². The lowest BCUT2D eigenvalue weighted by atomic mass is 10.2. The Hall–Kier alpha value is -1.40. The summed E-state index contributed by atoms with van der Waals surface area (Å²) >= 11 is 5.53. The molecule has 0 aliphatic carbocycles. The zero-order valence-electron chi connectivity index (χ0n) is 8.50. The summed E-state index contributed by atoms with van der Waals surface area (Å²) in [5.41, 5.74) is -0.175. The third-order valence-corrected chi connectivity index (χ3v) is 2.15. The molecule has 1 aromatic carbocycles. The summed E-state index contributed by atoms with van der Waals surface area (Å²) in [6, 6.07) is 1.97. The van der Waals surface area contributed by atoms with E-state index < -0.39 is 10.7 Å². The predicted molar refractivity (Wildman–Crippen MR) is 58.4 cm³/mol. The molecule has 1 rings (SSSR count). The fourth-order valence-corrected chi connectivity index (χ4v) is 1.28. The molecule has 1 aromatic rings. The highest BCUT2D eigenvalue weighted by molar-refractivity contribution is 6.31. The van der Waals surface area contributed by atoms with E-state index in [0.717, 1.165) is 6.07 Å². The van der Waals surface area contributed by atoms with Gasteiger partial charge in [-0.15, -0.1) is 0 Å². The molecule has 0 saturated carbocycles. The number of benzene rings is 1. The second-order valence-electron chi connectivity index (χ2n) is 2.96. The van der Waals surface area contributed by atoms with Crippen LogP contribution in [0.3, 0.4) is 0 Å². The molecule has 0 radical (unpaired) electrons. The first kappa shape index (κ1) is 12.7. The molecule has 16 heavy (non-hydrogen) atoms. The number of methoxy groups -OCH3 is 1. The molecule has 0 spiro atoms. The predicted octanol–water partition coefficient (Wildman–Crippen LogP) is 2.45. The minimum Gasteiger partial charge on any atom is -0.383 e. The maximum absolute atomic E-state index is 13.0. The third-order valence-electron chi connectivity index (χ3n) is 1.86. The number of hydrogen-bond donors (Lipinski definition) is 1. The highest BCUT2D eigenvalue weighted by Crippen LogP contribution is 2.29. The lowest BCUT2D eigenvalue weighted by Gasteiger charge is -2.07. The molecule has 0 atom stereocenters. The summed E-state index contributed by atoms with van der Waals surface area (Å²) in [4.78, 5) is 9.97. The molecule has 88 valence electrons. The largest absolute Gasteiger partial charge is 0.383 e. The Labute approximate surface area is 96.3 Å². The molecular weight excluding hydrogens is 239 g/mol. The van der Waals surface area contributed by atoms with Crippen LogP contribution in [-0.4, -0.2) is 25.2 Å². The van der Waals surface area contributed by atoms with Crippen LogP contribution in [0.25, 0.3) is 0 Å². The first-order chi connectivity index (χ1) is 7.56. The molecule has 0 aromatic heterocycles. The van der Waals surface area contributed by atoms with E-state index in [1.807, 2.05) is 0 Å². The van der Waals surface area contributed by atoms with Gasteiger partial charge in [-0.05, 0) is 6.07 Å². The van der Waals surface area contributed by atoms with Crippen molar-refractivity contribution in [1.82, 2.24) is 0 Å². The van der Waals surface area contributed by atoms with Gasteiger partial charge in [-0.3, -0.25) is 10.1 Å². The number of nitrogens with one attached hydrogen (secondary N) is 1. The molecular formula is C9H10ClFN2O3. The first-order valence-electron chi connectivity index (χ1n) is 4.42. The number of halogens is 2.